The van der Waals surface area contributed by atoms with Crippen molar-refractivity contribution in [3.8, 4) is 0 Å². The van der Waals surface area contributed by atoms with Crippen LogP contribution in [-0.4, -0.2) is 58.4 Å². The molecule has 178 valence electrons. The minimum Gasteiger partial charge on any atom is -0.465 e. The molecule has 0 aromatic heterocycles. The third-order valence-corrected chi connectivity index (χ3v) is 5.71. The highest BCUT2D eigenvalue weighted by Gasteiger charge is 2.12. The van der Waals surface area contributed by atoms with Crippen LogP contribution in [0.4, 0.5) is 9.59 Å². The van der Waals surface area contributed by atoms with Crippen LogP contribution in [0.25, 0.3) is 0 Å². The lowest BCUT2D eigenvalue weighted by Crippen LogP contribution is -2.32. The van der Waals surface area contributed by atoms with E-state index in [2.05, 4.69) is 13.8 Å². The Labute approximate surface area is 185 Å². The van der Waals surface area contributed by atoms with Gasteiger partial charge < -0.3 is 20.0 Å². The van der Waals surface area contributed by atoms with Crippen LogP contribution in [0.1, 0.15) is 117 Å². The van der Waals surface area contributed by atoms with Crippen LogP contribution < -0.4 is 0 Å². The zero-order valence-electron chi connectivity index (χ0n) is 19.7. The average molecular weight is 429 g/mol. The van der Waals surface area contributed by atoms with Crippen LogP contribution in [0, 0.1) is 0 Å². The number of hydrogen-bond acceptors (Lipinski definition) is 2. The maximum Gasteiger partial charge on any atom is 0.407 e. The van der Waals surface area contributed by atoms with Gasteiger partial charge in [-0.25, -0.2) is 9.59 Å². The molecule has 0 aliphatic carbocycles. The molecule has 6 nitrogen and oxygen atoms in total. The highest BCUT2D eigenvalue weighted by molar-refractivity contribution is 5.65. The Kier molecular flexibility index (Phi) is 19.8. The van der Waals surface area contributed by atoms with Crippen LogP contribution in [0.15, 0.2) is 0 Å². The number of carboxylic acid groups (broad SMARTS) is 2. The first-order chi connectivity index (χ1) is 14.5. The van der Waals surface area contributed by atoms with E-state index >= 15 is 0 Å². The Bertz CT molecular complexity index is 380. The van der Waals surface area contributed by atoms with E-state index in [-0.39, 0.29) is 0 Å². The molecule has 0 bridgehead atoms. The van der Waals surface area contributed by atoms with E-state index in [1.54, 1.807) is 9.80 Å². The van der Waals surface area contributed by atoms with Crippen molar-refractivity contribution in [1.29, 1.82) is 0 Å². The SMILES string of the molecule is CCCCCCCCN(CCCCCCN(CCCCCCCC)C(=O)O)C(=O)O. The topological polar surface area (TPSA) is 81.1 Å². The molecule has 0 aliphatic rings. The second-order valence-corrected chi connectivity index (χ2v) is 8.49. The number of amides is 2. The van der Waals surface area contributed by atoms with Crippen molar-refractivity contribution in [2.75, 3.05) is 26.2 Å². The zero-order valence-corrected chi connectivity index (χ0v) is 19.7. The molecule has 0 atom stereocenters. The molecule has 0 aromatic rings. The van der Waals surface area contributed by atoms with Crippen molar-refractivity contribution in [2.24, 2.45) is 0 Å². The molecular formula is C24H48N2O4. The van der Waals surface area contributed by atoms with Crippen LogP contribution in [-0.2, 0) is 0 Å². The molecule has 0 aliphatic heterocycles. The monoisotopic (exact) mass is 428 g/mol. The van der Waals surface area contributed by atoms with Gasteiger partial charge in [0.05, 0.1) is 0 Å². The summed E-state index contributed by atoms with van der Waals surface area (Å²) in [5.41, 5.74) is 0. The van der Waals surface area contributed by atoms with E-state index in [0.29, 0.717) is 26.2 Å². The number of nitrogens with zero attached hydrogens (tertiary/aromatic N) is 2. The quantitative estimate of drug-likeness (QED) is 0.189. The summed E-state index contributed by atoms with van der Waals surface area (Å²) in [6.07, 6.45) is 15.9. The lowest BCUT2D eigenvalue weighted by Gasteiger charge is -2.20. The molecule has 2 amide bonds. The van der Waals surface area contributed by atoms with Gasteiger partial charge in [0.25, 0.3) is 0 Å². The van der Waals surface area contributed by atoms with Crippen LogP contribution in [0.2, 0.25) is 0 Å². The molecular weight excluding hydrogens is 380 g/mol. The maximum atomic E-state index is 11.4. The van der Waals surface area contributed by atoms with Crippen molar-refractivity contribution in [3.63, 3.8) is 0 Å². The van der Waals surface area contributed by atoms with Gasteiger partial charge in [0.2, 0.25) is 0 Å². The first-order valence-corrected chi connectivity index (χ1v) is 12.5. The zero-order chi connectivity index (χ0) is 22.5. The Balaban J connectivity index is 3.81. The van der Waals surface area contributed by atoms with Crippen LogP contribution >= 0.6 is 0 Å². The van der Waals surface area contributed by atoms with Gasteiger partial charge in [-0.15, -0.1) is 0 Å². The third-order valence-electron chi connectivity index (χ3n) is 5.71. The van der Waals surface area contributed by atoms with Crippen LogP contribution in [0.3, 0.4) is 0 Å². The van der Waals surface area contributed by atoms with Crippen molar-refractivity contribution in [2.45, 2.75) is 117 Å². The van der Waals surface area contributed by atoms with Gasteiger partial charge in [0.1, 0.15) is 0 Å². The predicted octanol–water partition coefficient (Wildman–Crippen LogP) is 7.23. The fourth-order valence-corrected chi connectivity index (χ4v) is 3.73. The first-order valence-electron chi connectivity index (χ1n) is 12.5. The summed E-state index contributed by atoms with van der Waals surface area (Å²) < 4.78 is 0. The van der Waals surface area contributed by atoms with Gasteiger partial charge in [0.15, 0.2) is 0 Å². The highest BCUT2D eigenvalue weighted by atomic mass is 16.4. The van der Waals surface area contributed by atoms with Gasteiger partial charge in [-0.2, -0.15) is 0 Å². The molecule has 0 spiro atoms. The minimum atomic E-state index is -0.820. The maximum absolute atomic E-state index is 11.4. The second kappa shape index (κ2) is 20.8. The normalized spacial score (nSPS) is 10.9. The largest absolute Gasteiger partial charge is 0.465 e. The van der Waals surface area contributed by atoms with Gasteiger partial charge >= 0.3 is 12.2 Å². The minimum absolute atomic E-state index is 0.588. The third kappa shape index (κ3) is 17.4. The summed E-state index contributed by atoms with van der Waals surface area (Å²) in [7, 11) is 0. The van der Waals surface area contributed by atoms with E-state index in [1.807, 2.05) is 0 Å². The van der Waals surface area contributed by atoms with E-state index < -0.39 is 12.2 Å². The standard InChI is InChI=1S/C24H48N2O4/c1-3-5-7-9-11-15-19-25(23(27)28)21-17-13-14-18-22-26(24(29)30)20-16-12-10-8-6-4-2/h3-22H2,1-2H3,(H,27,28)(H,29,30). The Morgan fingerprint density at radius 3 is 0.933 bits per heavy atom. The molecule has 0 rings (SSSR count). The van der Waals surface area contributed by atoms with E-state index in [4.69, 9.17) is 0 Å². The number of rotatable bonds is 21. The van der Waals surface area contributed by atoms with Crippen LogP contribution in [0.5, 0.6) is 0 Å². The molecule has 0 saturated carbocycles. The molecule has 2 N–H and O–H groups in total. The van der Waals surface area contributed by atoms with Crippen molar-refractivity contribution < 1.29 is 19.8 Å². The van der Waals surface area contributed by atoms with E-state index in [1.165, 1.54) is 51.4 Å². The molecule has 0 radical (unpaired) electrons. The molecule has 0 unspecified atom stereocenters. The number of unbranched alkanes of at least 4 members (excludes halogenated alkanes) is 13. The number of hydrogen-bond donors (Lipinski definition) is 2. The Hall–Kier alpha value is -1.46. The summed E-state index contributed by atoms with van der Waals surface area (Å²) in [4.78, 5) is 25.9. The first kappa shape index (κ1) is 28.5. The fraction of sp³-hybridized carbons (Fsp3) is 0.917. The summed E-state index contributed by atoms with van der Waals surface area (Å²) in [6, 6.07) is 0. The number of carbonyl (C=O) groups is 2. The summed E-state index contributed by atoms with van der Waals surface area (Å²) in [5, 5.41) is 18.7. The second-order valence-electron chi connectivity index (χ2n) is 8.49. The van der Waals surface area contributed by atoms with Crippen molar-refractivity contribution in [3.05, 3.63) is 0 Å². The lowest BCUT2D eigenvalue weighted by atomic mass is 10.1. The molecule has 30 heavy (non-hydrogen) atoms. The Morgan fingerprint density at radius 2 is 0.700 bits per heavy atom. The lowest BCUT2D eigenvalue weighted by molar-refractivity contribution is 0.140. The van der Waals surface area contributed by atoms with Crippen molar-refractivity contribution >= 4 is 12.2 Å². The molecule has 0 fully saturated rings. The van der Waals surface area contributed by atoms with E-state index in [0.717, 1.165) is 51.4 Å². The molecule has 6 heteroatoms. The molecule has 0 heterocycles. The Morgan fingerprint density at radius 1 is 0.467 bits per heavy atom. The van der Waals surface area contributed by atoms with E-state index in [9.17, 15) is 19.8 Å². The summed E-state index contributed by atoms with van der Waals surface area (Å²) >= 11 is 0. The van der Waals surface area contributed by atoms with Gasteiger partial charge in [-0.05, 0) is 25.7 Å². The molecule has 0 aromatic carbocycles. The van der Waals surface area contributed by atoms with Gasteiger partial charge in [0, 0.05) is 26.2 Å². The summed E-state index contributed by atoms with van der Waals surface area (Å²) in [5.74, 6) is 0. The fourth-order valence-electron chi connectivity index (χ4n) is 3.73. The highest BCUT2D eigenvalue weighted by Crippen LogP contribution is 2.10. The smallest absolute Gasteiger partial charge is 0.407 e. The van der Waals surface area contributed by atoms with Gasteiger partial charge in [-0.3, -0.25) is 0 Å². The predicted molar refractivity (Wildman–Crippen MR) is 124 cm³/mol. The average Bonchev–Trinajstić information content (AvgIpc) is 2.71. The summed E-state index contributed by atoms with van der Waals surface area (Å²) in [6.45, 7) is 6.83. The van der Waals surface area contributed by atoms with Crippen molar-refractivity contribution in [1.82, 2.24) is 9.80 Å². The molecule has 0 saturated heterocycles. The van der Waals surface area contributed by atoms with Gasteiger partial charge in [-0.1, -0.05) is 90.9 Å².